The average Bonchev–Trinajstić information content (AvgIpc) is 2.30. The van der Waals surface area contributed by atoms with Gasteiger partial charge in [-0.2, -0.15) is 0 Å². The van der Waals surface area contributed by atoms with Crippen LogP contribution in [0.4, 0.5) is 10.1 Å². The minimum Gasteiger partial charge on any atom is -0.369 e. The molecule has 1 aliphatic heterocycles. The number of halogens is 1. The lowest BCUT2D eigenvalue weighted by molar-refractivity contribution is 0.557. The molecule has 0 atom stereocenters. The van der Waals surface area contributed by atoms with Crippen molar-refractivity contribution in [2.45, 2.75) is 26.2 Å². The van der Waals surface area contributed by atoms with E-state index < -0.39 is 0 Å². The van der Waals surface area contributed by atoms with Crippen molar-refractivity contribution in [2.75, 3.05) is 18.0 Å². The average molecular weight is 206 g/mol. The molecular weight excluding hydrogens is 189 g/mol. The molecule has 0 unspecified atom stereocenters. The molecule has 0 amide bonds. The quantitative estimate of drug-likeness (QED) is 0.717. The van der Waals surface area contributed by atoms with Crippen LogP contribution in [0.3, 0.4) is 0 Å². The monoisotopic (exact) mass is 206 g/mol. The SMILES string of the molecule is C[CH]c1ccc(N2CCCCC2)c(F)c1. The van der Waals surface area contributed by atoms with Gasteiger partial charge in [0.1, 0.15) is 5.82 Å². The number of piperidine rings is 1. The zero-order valence-electron chi connectivity index (χ0n) is 9.17. The second-order valence-corrected chi connectivity index (χ2v) is 4.05. The Kier molecular flexibility index (Phi) is 3.24. The summed E-state index contributed by atoms with van der Waals surface area (Å²) in [5.41, 5.74) is 1.72. The predicted molar refractivity (Wildman–Crippen MR) is 61.5 cm³/mol. The number of rotatable bonds is 2. The molecule has 1 aromatic carbocycles. The molecule has 1 nitrogen and oxygen atoms in total. The van der Waals surface area contributed by atoms with Gasteiger partial charge >= 0.3 is 0 Å². The smallest absolute Gasteiger partial charge is 0.146 e. The Balaban J connectivity index is 2.19. The highest BCUT2D eigenvalue weighted by molar-refractivity contribution is 5.50. The molecule has 1 heterocycles. The lowest BCUT2D eigenvalue weighted by Crippen LogP contribution is -2.30. The third kappa shape index (κ3) is 2.31. The Morgan fingerprint density at radius 2 is 1.93 bits per heavy atom. The minimum atomic E-state index is -0.0903. The van der Waals surface area contributed by atoms with Gasteiger partial charge in [0.05, 0.1) is 5.69 Å². The first-order chi connectivity index (χ1) is 7.31. The molecule has 2 heteroatoms. The third-order valence-corrected chi connectivity index (χ3v) is 3.00. The number of hydrogen-bond donors (Lipinski definition) is 0. The van der Waals surface area contributed by atoms with Crippen molar-refractivity contribution in [3.63, 3.8) is 0 Å². The topological polar surface area (TPSA) is 3.24 Å². The van der Waals surface area contributed by atoms with E-state index in [-0.39, 0.29) is 5.82 Å². The Hall–Kier alpha value is -1.05. The van der Waals surface area contributed by atoms with Crippen LogP contribution in [0.15, 0.2) is 18.2 Å². The fraction of sp³-hybridized carbons (Fsp3) is 0.462. The summed E-state index contributed by atoms with van der Waals surface area (Å²) in [6.45, 7) is 3.91. The fourth-order valence-electron chi connectivity index (χ4n) is 2.09. The molecule has 1 aliphatic rings. The van der Waals surface area contributed by atoms with Gasteiger partial charge < -0.3 is 4.90 Å². The molecule has 1 fully saturated rings. The zero-order chi connectivity index (χ0) is 10.7. The van der Waals surface area contributed by atoms with Gasteiger partial charge in [-0.1, -0.05) is 13.0 Å². The first-order valence-corrected chi connectivity index (χ1v) is 5.65. The number of benzene rings is 1. The van der Waals surface area contributed by atoms with Crippen molar-refractivity contribution in [2.24, 2.45) is 0 Å². The molecular formula is C13H17FN. The van der Waals surface area contributed by atoms with Crippen molar-refractivity contribution < 1.29 is 4.39 Å². The highest BCUT2D eigenvalue weighted by atomic mass is 19.1. The lowest BCUT2D eigenvalue weighted by atomic mass is 10.1. The predicted octanol–water partition coefficient (Wildman–Crippen LogP) is 3.39. The van der Waals surface area contributed by atoms with Crippen LogP contribution in [0.5, 0.6) is 0 Å². The van der Waals surface area contributed by atoms with E-state index in [4.69, 9.17) is 0 Å². The van der Waals surface area contributed by atoms with E-state index in [9.17, 15) is 4.39 Å². The van der Waals surface area contributed by atoms with Crippen LogP contribution in [0.2, 0.25) is 0 Å². The summed E-state index contributed by atoms with van der Waals surface area (Å²) in [6.07, 6.45) is 5.56. The van der Waals surface area contributed by atoms with Crippen LogP contribution < -0.4 is 4.90 Å². The second kappa shape index (κ2) is 4.65. The van der Waals surface area contributed by atoms with Crippen molar-refractivity contribution in [3.8, 4) is 0 Å². The summed E-state index contributed by atoms with van der Waals surface area (Å²) < 4.78 is 13.8. The summed E-state index contributed by atoms with van der Waals surface area (Å²) in [5.74, 6) is -0.0903. The molecule has 81 valence electrons. The van der Waals surface area contributed by atoms with Crippen LogP contribution in [-0.2, 0) is 0 Å². The first kappa shape index (κ1) is 10.5. The molecule has 1 saturated heterocycles. The molecule has 1 aromatic rings. The summed E-state index contributed by atoms with van der Waals surface area (Å²) in [7, 11) is 0. The van der Waals surface area contributed by atoms with Gasteiger partial charge in [-0.05, 0) is 43.4 Å². The van der Waals surface area contributed by atoms with E-state index in [1.807, 2.05) is 25.5 Å². The molecule has 15 heavy (non-hydrogen) atoms. The summed E-state index contributed by atoms with van der Waals surface area (Å²) >= 11 is 0. The van der Waals surface area contributed by atoms with E-state index in [1.165, 1.54) is 19.3 Å². The number of nitrogens with zero attached hydrogens (tertiary/aromatic N) is 1. The Labute approximate surface area is 90.9 Å². The summed E-state index contributed by atoms with van der Waals surface area (Å²) in [5, 5.41) is 0. The second-order valence-electron chi connectivity index (χ2n) is 4.05. The Bertz CT molecular complexity index is 329. The third-order valence-electron chi connectivity index (χ3n) is 3.00. The fourth-order valence-corrected chi connectivity index (χ4v) is 2.09. The van der Waals surface area contributed by atoms with E-state index in [0.717, 1.165) is 24.3 Å². The summed E-state index contributed by atoms with van der Waals surface area (Å²) in [4.78, 5) is 2.15. The lowest BCUT2D eigenvalue weighted by Gasteiger charge is -2.29. The van der Waals surface area contributed by atoms with E-state index in [1.54, 1.807) is 6.07 Å². The van der Waals surface area contributed by atoms with Crippen molar-refractivity contribution >= 4 is 5.69 Å². The zero-order valence-corrected chi connectivity index (χ0v) is 9.17. The molecule has 0 aliphatic carbocycles. The normalized spacial score (nSPS) is 16.8. The molecule has 0 spiro atoms. The van der Waals surface area contributed by atoms with Crippen LogP contribution in [0, 0.1) is 12.2 Å². The Morgan fingerprint density at radius 3 is 2.53 bits per heavy atom. The molecule has 0 bridgehead atoms. The van der Waals surface area contributed by atoms with Crippen LogP contribution in [-0.4, -0.2) is 13.1 Å². The summed E-state index contributed by atoms with van der Waals surface area (Å²) in [6, 6.07) is 5.49. The van der Waals surface area contributed by atoms with Crippen LogP contribution >= 0.6 is 0 Å². The molecule has 0 N–H and O–H groups in total. The van der Waals surface area contributed by atoms with Gasteiger partial charge in [0.15, 0.2) is 0 Å². The minimum absolute atomic E-state index is 0.0903. The van der Waals surface area contributed by atoms with Gasteiger partial charge in [0.2, 0.25) is 0 Å². The standard InChI is InChI=1S/C13H17FN/c1-2-11-6-7-13(12(14)10-11)15-8-4-3-5-9-15/h2,6-7,10H,3-5,8-9H2,1H3. The van der Waals surface area contributed by atoms with Gasteiger partial charge in [0, 0.05) is 13.1 Å². The molecule has 0 aromatic heterocycles. The van der Waals surface area contributed by atoms with Crippen LogP contribution in [0.25, 0.3) is 0 Å². The molecule has 1 radical (unpaired) electrons. The highest BCUT2D eigenvalue weighted by Gasteiger charge is 2.14. The first-order valence-electron chi connectivity index (χ1n) is 5.65. The van der Waals surface area contributed by atoms with Gasteiger partial charge in [0.25, 0.3) is 0 Å². The molecule has 2 rings (SSSR count). The molecule has 0 saturated carbocycles. The van der Waals surface area contributed by atoms with Gasteiger partial charge in [-0.3, -0.25) is 0 Å². The van der Waals surface area contributed by atoms with Crippen molar-refractivity contribution in [1.82, 2.24) is 0 Å². The number of hydrogen-bond acceptors (Lipinski definition) is 1. The van der Waals surface area contributed by atoms with Gasteiger partial charge in [-0.15, -0.1) is 0 Å². The maximum absolute atomic E-state index is 13.8. The highest BCUT2D eigenvalue weighted by Crippen LogP contribution is 2.24. The Morgan fingerprint density at radius 1 is 1.20 bits per heavy atom. The van der Waals surface area contributed by atoms with E-state index in [0.29, 0.717) is 0 Å². The van der Waals surface area contributed by atoms with Crippen LogP contribution in [0.1, 0.15) is 31.7 Å². The largest absolute Gasteiger partial charge is 0.369 e. The van der Waals surface area contributed by atoms with E-state index >= 15 is 0 Å². The van der Waals surface area contributed by atoms with Crippen molar-refractivity contribution in [1.29, 1.82) is 0 Å². The van der Waals surface area contributed by atoms with E-state index in [2.05, 4.69) is 4.90 Å². The number of anilines is 1. The van der Waals surface area contributed by atoms with Gasteiger partial charge in [-0.25, -0.2) is 4.39 Å². The maximum Gasteiger partial charge on any atom is 0.146 e. The van der Waals surface area contributed by atoms with Crippen molar-refractivity contribution in [3.05, 3.63) is 36.0 Å². The maximum atomic E-state index is 13.8.